The van der Waals surface area contributed by atoms with E-state index < -0.39 is 24.0 Å². The minimum Gasteiger partial charge on any atom is -0.480 e. The van der Waals surface area contributed by atoms with Gasteiger partial charge in [-0.3, -0.25) is 9.59 Å². The Bertz CT molecular complexity index is 607. The van der Waals surface area contributed by atoms with Crippen molar-refractivity contribution in [2.75, 3.05) is 0 Å². The maximum Gasteiger partial charge on any atom is 0.326 e. The van der Waals surface area contributed by atoms with Gasteiger partial charge in [0.2, 0.25) is 5.91 Å². The van der Waals surface area contributed by atoms with Gasteiger partial charge in [0.15, 0.2) is 0 Å². The lowest BCUT2D eigenvalue weighted by Gasteiger charge is -2.25. The molecule has 6 nitrogen and oxygen atoms in total. The molecular weight excluding hydrogens is 296 g/mol. The molecule has 2 N–H and O–H groups in total. The molecule has 1 rings (SSSR count). The van der Waals surface area contributed by atoms with Gasteiger partial charge in [-0.2, -0.15) is 0 Å². The predicted molar refractivity (Wildman–Crippen MR) is 88.4 cm³/mol. The fourth-order valence-corrected chi connectivity index (χ4v) is 2.51. The molecule has 0 aliphatic rings. The Hall–Kier alpha value is -2.11. The second kappa shape index (κ2) is 8.50. The standard InChI is InChI=1S/C17H26N2O4/c1-5-6-9-13(17(22)23)18-15(20)14(11(2)3)19-10-7-8-12(4)16(19)21/h7-8,10-11,13-14H,5-6,9H2,1-4H3,(H,18,20)(H,22,23). The van der Waals surface area contributed by atoms with Crippen molar-refractivity contribution in [3.63, 3.8) is 0 Å². The SMILES string of the molecule is CCCCC(NC(=O)C(C(C)C)n1cccc(C)c1=O)C(=O)O. The van der Waals surface area contributed by atoms with Crippen LogP contribution in [-0.4, -0.2) is 27.6 Å². The molecule has 0 spiro atoms. The number of hydrogen-bond donors (Lipinski definition) is 2. The Morgan fingerprint density at radius 1 is 1.35 bits per heavy atom. The Morgan fingerprint density at radius 2 is 2.00 bits per heavy atom. The zero-order chi connectivity index (χ0) is 17.6. The van der Waals surface area contributed by atoms with Gasteiger partial charge >= 0.3 is 5.97 Å². The lowest BCUT2D eigenvalue weighted by molar-refractivity contribution is -0.142. The highest BCUT2D eigenvalue weighted by Crippen LogP contribution is 2.17. The second-order valence-corrected chi connectivity index (χ2v) is 6.13. The topological polar surface area (TPSA) is 88.4 Å². The fourth-order valence-electron chi connectivity index (χ4n) is 2.51. The van der Waals surface area contributed by atoms with E-state index in [2.05, 4.69) is 5.32 Å². The van der Waals surface area contributed by atoms with Crippen molar-refractivity contribution in [2.45, 2.75) is 59.0 Å². The number of carboxylic acids is 1. The third-order valence-corrected chi connectivity index (χ3v) is 3.83. The molecule has 6 heteroatoms. The third kappa shape index (κ3) is 4.94. The van der Waals surface area contributed by atoms with Crippen LogP contribution in [-0.2, 0) is 9.59 Å². The molecule has 1 aromatic rings. The summed E-state index contributed by atoms with van der Waals surface area (Å²) in [6.45, 7) is 7.32. The van der Waals surface area contributed by atoms with Crippen molar-refractivity contribution >= 4 is 11.9 Å². The van der Waals surface area contributed by atoms with E-state index in [0.717, 1.165) is 6.42 Å². The first kappa shape index (κ1) is 18.9. The van der Waals surface area contributed by atoms with Crippen molar-refractivity contribution in [3.05, 3.63) is 34.2 Å². The van der Waals surface area contributed by atoms with Crippen LogP contribution in [0.1, 0.15) is 51.6 Å². The minimum absolute atomic E-state index is 0.143. The number of hydrogen-bond acceptors (Lipinski definition) is 3. The summed E-state index contributed by atoms with van der Waals surface area (Å²) in [6, 6.07) is 1.75. The number of aryl methyl sites for hydroxylation is 1. The maximum absolute atomic E-state index is 12.6. The Kier molecular flexibility index (Phi) is 7.00. The number of rotatable bonds is 8. The first-order chi connectivity index (χ1) is 10.8. The van der Waals surface area contributed by atoms with Gasteiger partial charge in [0.05, 0.1) is 0 Å². The highest BCUT2D eigenvalue weighted by atomic mass is 16.4. The molecule has 0 radical (unpaired) electrons. The molecule has 0 aliphatic carbocycles. The number of nitrogens with one attached hydrogen (secondary N) is 1. The van der Waals surface area contributed by atoms with Crippen molar-refractivity contribution in [1.82, 2.24) is 9.88 Å². The van der Waals surface area contributed by atoms with Crippen molar-refractivity contribution in [1.29, 1.82) is 0 Å². The smallest absolute Gasteiger partial charge is 0.326 e. The zero-order valence-electron chi connectivity index (χ0n) is 14.2. The number of pyridine rings is 1. The number of unbranched alkanes of at least 4 members (excludes halogenated alkanes) is 1. The van der Waals surface area contributed by atoms with E-state index in [0.29, 0.717) is 18.4 Å². The van der Waals surface area contributed by atoms with Crippen LogP contribution in [0.5, 0.6) is 0 Å². The quantitative estimate of drug-likeness (QED) is 0.767. The van der Waals surface area contributed by atoms with E-state index in [1.165, 1.54) is 4.57 Å². The van der Waals surface area contributed by atoms with Gasteiger partial charge in [0.25, 0.3) is 5.56 Å². The molecule has 1 heterocycles. The van der Waals surface area contributed by atoms with E-state index in [9.17, 15) is 19.5 Å². The normalized spacial score (nSPS) is 13.6. The monoisotopic (exact) mass is 322 g/mol. The van der Waals surface area contributed by atoms with Crippen molar-refractivity contribution in [2.24, 2.45) is 5.92 Å². The molecule has 0 fully saturated rings. The lowest BCUT2D eigenvalue weighted by atomic mass is 10.0. The fraction of sp³-hybridized carbons (Fsp3) is 0.588. The molecule has 0 aromatic carbocycles. The van der Waals surface area contributed by atoms with E-state index in [1.807, 2.05) is 20.8 Å². The summed E-state index contributed by atoms with van der Waals surface area (Å²) in [5.74, 6) is -1.63. The van der Waals surface area contributed by atoms with Gasteiger partial charge in [0.1, 0.15) is 12.1 Å². The van der Waals surface area contributed by atoms with E-state index in [4.69, 9.17) is 0 Å². The average molecular weight is 322 g/mol. The summed E-state index contributed by atoms with van der Waals surface area (Å²) in [7, 11) is 0. The largest absolute Gasteiger partial charge is 0.480 e. The summed E-state index contributed by atoms with van der Waals surface area (Å²) in [5, 5.41) is 11.8. The minimum atomic E-state index is -1.05. The van der Waals surface area contributed by atoms with Gasteiger partial charge in [-0.25, -0.2) is 4.79 Å². The molecule has 128 valence electrons. The number of aromatic nitrogens is 1. The van der Waals surface area contributed by atoms with Crippen LogP contribution in [0.25, 0.3) is 0 Å². The van der Waals surface area contributed by atoms with Crippen LogP contribution in [0.2, 0.25) is 0 Å². The maximum atomic E-state index is 12.6. The second-order valence-electron chi connectivity index (χ2n) is 6.13. The van der Waals surface area contributed by atoms with Crippen LogP contribution >= 0.6 is 0 Å². The van der Waals surface area contributed by atoms with Gasteiger partial charge < -0.3 is 15.0 Å². The molecule has 1 amide bonds. The average Bonchev–Trinajstić information content (AvgIpc) is 2.47. The molecule has 2 atom stereocenters. The highest BCUT2D eigenvalue weighted by Gasteiger charge is 2.29. The number of amides is 1. The molecule has 0 saturated heterocycles. The molecule has 0 bridgehead atoms. The van der Waals surface area contributed by atoms with Gasteiger partial charge in [0, 0.05) is 11.8 Å². The number of carbonyl (C=O) groups excluding carboxylic acids is 1. The van der Waals surface area contributed by atoms with Crippen LogP contribution < -0.4 is 10.9 Å². The van der Waals surface area contributed by atoms with Crippen LogP contribution in [0.4, 0.5) is 0 Å². The summed E-state index contributed by atoms with van der Waals surface area (Å²) in [4.78, 5) is 36.2. The number of aliphatic carboxylic acids is 1. The van der Waals surface area contributed by atoms with E-state index in [-0.39, 0.29) is 11.5 Å². The van der Waals surface area contributed by atoms with Gasteiger partial charge in [-0.1, -0.05) is 39.7 Å². The molecule has 23 heavy (non-hydrogen) atoms. The summed E-state index contributed by atoms with van der Waals surface area (Å²) >= 11 is 0. The molecule has 2 unspecified atom stereocenters. The lowest BCUT2D eigenvalue weighted by Crippen LogP contribution is -2.47. The van der Waals surface area contributed by atoms with Gasteiger partial charge in [-0.05, 0) is 25.3 Å². The van der Waals surface area contributed by atoms with Gasteiger partial charge in [-0.15, -0.1) is 0 Å². The summed E-state index contributed by atoms with van der Waals surface area (Å²) in [6.07, 6.45) is 3.52. The van der Waals surface area contributed by atoms with Crippen LogP contribution in [0.3, 0.4) is 0 Å². The molecule has 1 aromatic heterocycles. The summed E-state index contributed by atoms with van der Waals surface area (Å²) < 4.78 is 1.38. The molecular formula is C17H26N2O4. The van der Waals surface area contributed by atoms with Crippen LogP contribution in [0, 0.1) is 12.8 Å². The van der Waals surface area contributed by atoms with Crippen molar-refractivity contribution < 1.29 is 14.7 Å². The highest BCUT2D eigenvalue weighted by molar-refractivity contribution is 5.86. The zero-order valence-corrected chi connectivity index (χ0v) is 14.2. The van der Waals surface area contributed by atoms with Crippen LogP contribution in [0.15, 0.2) is 23.1 Å². The van der Waals surface area contributed by atoms with E-state index in [1.54, 1.807) is 25.3 Å². The van der Waals surface area contributed by atoms with Crippen molar-refractivity contribution in [3.8, 4) is 0 Å². The molecule has 0 aliphatic heterocycles. The molecule has 0 saturated carbocycles. The third-order valence-electron chi connectivity index (χ3n) is 3.83. The number of nitrogens with zero attached hydrogens (tertiary/aromatic N) is 1. The van der Waals surface area contributed by atoms with E-state index >= 15 is 0 Å². The predicted octanol–water partition coefficient (Wildman–Crippen LogP) is 2.11. The first-order valence-corrected chi connectivity index (χ1v) is 8.00. The first-order valence-electron chi connectivity index (χ1n) is 8.00. The number of carbonyl (C=O) groups is 2. The summed E-state index contributed by atoms with van der Waals surface area (Å²) in [5.41, 5.74) is 0.313. The Labute approximate surface area is 136 Å². The Balaban J connectivity index is 3.05. The Morgan fingerprint density at radius 3 is 2.52 bits per heavy atom. The number of carboxylic acid groups (broad SMARTS) is 1.